The predicted octanol–water partition coefficient (Wildman–Crippen LogP) is 2.53. The van der Waals surface area contributed by atoms with Gasteiger partial charge in [-0.05, 0) is 31.0 Å². The average Bonchev–Trinajstić information content (AvgIpc) is 2.67. The summed E-state index contributed by atoms with van der Waals surface area (Å²) in [5.74, 6) is -1.32. The Morgan fingerprint density at radius 2 is 1.91 bits per heavy atom. The van der Waals surface area contributed by atoms with Gasteiger partial charge >= 0.3 is 0 Å². The number of hydrogen-bond acceptors (Lipinski definition) is 6. The van der Waals surface area contributed by atoms with Crippen molar-refractivity contribution in [3.63, 3.8) is 0 Å². The predicted molar refractivity (Wildman–Crippen MR) is 122 cm³/mol. The number of anilines is 3. The molecule has 4 rings (SSSR count). The highest BCUT2D eigenvalue weighted by Crippen LogP contribution is 2.34. The van der Waals surface area contributed by atoms with Gasteiger partial charge in [0.25, 0.3) is 5.91 Å². The van der Waals surface area contributed by atoms with E-state index >= 15 is 0 Å². The molecular formula is C21H26F2N6O2S. The maximum atomic E-state index is 13.4. The molecule has 3 heterocycles. The molecule has 0 bridgehead atoms. The maximum Gasteiger partial charge on any atom is 0.254 e. The summed E-state index contributed by atoms with van der Waals surface area (Å²) in [6, 6.07) is 2.72. The average molecular weight is 465 g/mol. The highest BCUT2D eigenvalue weighted by atomic mass is 32.1. The molecule has 8 nitrogen and oxygen atoms in total. The molecule has 0 spiro atoms. The quantitative estimate of drug-likeness (QED) is 0.723. The molecule has 0 radical (unpaired) electrons. The minimum atomic E-state index is -1.05. The summed E-state index contributed by atoms with van der Waals surface area (Å²) in [6.07, 6.45) is 0. The SMILES string of the molecule is Cc1nc(NC2CN(C(=O)c3ccc(F)c(F)c3)C2)nc2c1NC(=O)[C@H](C(C)C)N2C.S. The van der Waals surface area contributed by atoms with Gasteiger partial charge < -0.3 is 20.4 Å². The van der Waals surface area contributed by atoms with Crippen LogP contribution in [-0.2, 0) is 4.79 Å². The van der Waals surface area contributed by atoms with Crippen LogP contribution < -0.4 is 15.5 Å². The van der Waals surface area contributed by atoms with Crippen molar-refractivity contribution in [3.8, 4) is 0 Å². The fraction of sp³-hybridized carbons (Fsp3) is 0.429. The van der Waals surface area contributed by atoms with Gasteiger partial charge in [-0.1, -0.05) is 13.8 Å². The highest BCUT2D eigenvalue weighted by Gasteiger charge is 2.36. The van der Waals surface area contributed by atoms with Crippen LogP contribution in [0.3, 0.4) is 0 Å². The van der Waals surface area contributed by atoms with Gasteiger partial charge in [0.2, 0.25) is 11.9 Å². The standard InChI is InChI=1S/C21H24F2N6O2.H2S/c1-10(2)17-19(30)26-16-11(3)24-21(27-18(16)28(17)4)25-13-8-29(9-13)20(31)12-5-6-14(22)15(23)7-12;/h5-7,10,13,17H,8-9H2,1-4H3,(H,26,30)(H,24,25,27);1H2/t17-;/m0./s1. The molecule has 2 aliphatic rings. The van der Waals surface area contributed by atoms with E-state index in [1.165, 1.54) is 11.0 Å². The Morgan fingerprint density at radius 3 is 2.53 bits per heavy atom. The van der Waals surface area contributed by atoms with E-state index in [4.69, 9.17) is 0 Å². The second-order valence-electron chi connectivity index (χ2n) is 8.30. The molecule has 1 fully saturated rings. The van der Waals surface area contributed by atoms with Crippen molar-refractivity contribution in [2.45, 2.75) is 32.9 Å². The topological polar surface area (TPSA) is 90.5 Å². The van der Waals surface area contributed by atoms with Crippen LogP contribution in [0.2, 0.25) is 0 Å². The Morgan fingerprint density at radius 1 is 1.22 bits per heavy atom. The lowest BCUT2D eigenvalue weighted by molar-refractivity contribution is -0.118. The molecule has 1 aromatic heterocycles. The van der Waals surface area contributed by atoms with Crippen LogP contribution in [0, 0.1) is 24.5 Å². The highest BCUT2D eigenvalue weighted by molar-refractivity contribution is 7.59. The molecule has 0 unspecified atom stereocenters. The Balaban J connectivity index is 0.00000289. The first-order chi connectivity index (χ1) is 14.7. The normalized spacial score (nSPS) is 18.0. The number of nitrogens with one attached hydrogen (secondary N) is 2. The monoisotopic (exact) mass is 464 g/mol. The van der Waals surface area contributed by atoms with Crippen LogP contribution in [0.25, 0.3) is 0 Å². The van der Waals surface area contributed by atoms with Crippen molar-refractivity contribution in [1.29, 1.82) is 0 Å². The number of carbonyl (C=O) groups excluding carboxylic acids is 2. The van der Waals surface area contributed by atoms with E-state index < -0.39 is 11.6 Å². The van der Waals surface area contributed by atoms with Gasteiger partial charge in [0.1, 0.15) is 11.7 Å². The van der Waals surface area contributed by atoms with Crippen molar-refractivity contribution in [3.05, 3.63) is 41.1 Å². The van der Waals surface area contributed by atoms with Crippen molar-refractivity contribution in [2.75, 3.05) is 35.7 Å². The number of fused-ring (bicyclic) bond motifs is 1. The molecule has 2 amide bonds. The smallest absolute Gasteiger partial charge is 0.254 e. The third kappa shape index (κ3) is 4.21. The second kappa shape index (κ2) is 8.89. The summed E-state index contributed by atoms with van der Waals surface area (Å²) in [5, 5.41) is 6.12. The molecule has 2 N–H and O–H groups in total. The first-order valence-electron chi connectivity index (χ1n) is 10.1. The molecule has 2 aliphatic heterocycles. The number of amides is 2. The van der Waals surface area contributed by atoms with Crippen LogP contribution >= 0.6 is 13.5 Å². The fourth-order valence-corrected chi connectivity index (χ4v) is 4.01. The summed E-state index contributed by atoms with van der Waals surface area (Å²) < 4.78 is 26.5. The minimum Gasteiger partial charge on any atom is -0.348 e. The molecule has 172 valence electrons. The fourth-order valence-electron chi connectivity index (χ4n) is 4.01. The van der Waals surface area contributed by atoms with Crippen LogP contribution in [0.15, 0.2) is 18.2 Å². The van der Waals surface area contributed by atoms with E-state index in [2.05, 4.69) is 20.6 Å². The van der Waals surface area contributed by atoms with E-state index in [1.807, 2.05) is 25.8 Å². The van der Waals surface area contributed by atoms with Gasteiger partial charge in [0.15, 0.2) is 17.5 Å². The Kier molecular flexibility index (Phi) is 6.59. The number of halogens is 2. The van der Waals surface area contributed by atoms with E-state index in [0.29, 0.717) is 36.2 Å². The summed E-state index contributed by atoms with van der Waals surface area (Å²) >= 11 is 0. The van der Waals surface area contributed by atoms with Gasteiger partial charge in [-0.25, -0.2) is 13.8 Å². The number of aryl methyl sites for hydroxylation is 1. The number of benzene rings is 1. The van der Waals surface area contributed by atoms with Gasteiger partial charge in [-0.2, -0.15) is 18.5 Å². The molecule has 32 heavy (non-hydrogen) atoms. The molecule has 1 atom stereocenters. The third-order valence-corrected chi connectivity index (χ3v) is 5.64. The van der Waals surface area contributed by atoms with Crippen LogP contribution in [-0.4, -0.2) is 58.9 Å². The van der Waals surface area contributed by atoms with E-state index in [-0.39, 0.29) is 48.9 Å². The number of rotatable bonds is 4. The number of nitrogens with zero attached hydrogens (tertiary/aromatic N) is 4. The van der Waals surface area contributed by atoms with Crippen LogP contribution in [0.1, 0.15) is 29.9 Å². The Bertz CT molecular complexity index is 1060. The summed E-state index contributed by atoms with van der Waals surface area (Å²) in [4.78, 5) is 37.3. The number of carbonyl (C=O) groups is 2. The Labute approximate surface area is 191 Å². The first kappa shape index (κ1) is 23.7. The van der Waals surface area contributed by atoms with Crippen molar-refractivity contribution in [2.24, 2.45) is 5.92 Å². The van der Waals surface area contributed by atoms with E-state index in [1.54, 1.807) is 6.92 Å². The van der Waals surface area contributed by atoms with Crippen LogP contribution in [0.5, 0.6) is 0 Å². The van der Waals surface area contributed by atoms with Crippen molar-refractivity contribution in [1.82, 2.24) is 14.9 Å². The first-order valence-corrected chi connectivity index (χ1v) is 10.1. The number of likely N-dealkylation sites (tertiary alicyclic amines) is 1. The zero-order chi connectivity index (χ0) is 22.4. The molecule has 2 aromatic rings. The van der Waals surface area contributed by atoms with Gasteiger partial charge in [0.05, 0.1) is 11.7 Å². The van der Waals surface area contributed by atoms with Gasteiger partial charge in [-0.3, -0.25) is 9.59 Å². The molecule has 11 heteroatoms. The zero-order valence-corrected chi connectivity index (χ0v) is 19.2. The van der Waals surface area contributed by atoms with Gasteiger partial charge in [0, 0.05) is 25.7 Å². The third-order valence-electron chi connectivity index (χ3n) is 5.64. The number of likely N-dealkylation sites (N-methyl/N-ethyl adjacent to an activating group) is 1. The molecule has 1 aromatic carbocycles. The van der Waals surface area contributed by atoms with Crippen LogP contribution in [0.4, 0.5) is 26.2 Å². The van der Waals surface area contributed by atoms with Gasteiger partial charge in [-0.15, -0.1) is 0 Å². The summed E-state index contributed by atoms with van der Waals surface area (Å²) in [5.41, 5.74) is 1.35. The maximum absolute atomic E-state index is 13.4. The lowest BCUT2D eigenvalue weighted by Gasteiger charge is -2.40. The van der Waals surface area contributed by atoms with E-state index in [9.17, 15) is 18.4 Å². The summed E-state index contributed by atoms with van der Waals surface area (Å²) in [6.45, 7) is 6.53. The van der Waals surface area contributed by atoms with Crippen molar-refractivity contribution < 1.29 is 18.4 Å². The Hall–Kier alpha value is -2.95. The molecule has 1 saturated heterocycles. The zero-order valence-electron chi connectivity index (χ0n) is 18.2. The minimum absolute atomic E-state index is 0. The number of aromatic nitrogens is 2. The molecule has 0 saturated carbocycles. The lowest BCUT2D eigenvalue weighted by atomic mass is 9.99. The molecular weight excluding hydrogens is 438 g/mol. The largest absolute Gasteiger partial charge is 0.348 e. The number of hydrogen-bond donors (Lipinski definition) is 2. The lowest BCUT2D eigenvalue weighted by Crippen LogP contribution is -2.57. The summed E-state index contributed by atoms with van der Waals surface area (Å²) in [7, 11) is 1.84. The van der Waals surface area contributed by atoms with E-state index in [0.717, 1.165) is 12.1 Å². The van der Waals surface area contributed by atoms with Crippen molar-refractivity contribution >= 4 is 42.8 Å². The second-order valence-corrected chi connectivity index (χ2v) is 8.30. The molecule has 0 aliphatic carbocycles.